The van der Waals surface area contributed by atoms with E-state index in [4.69, 9.17) is 0 Å². The van der Waals surface area contributed by atoms with Gasteiger partial charge in [-0.25, -0.2) is 0 Å². The molecule has 8 nitrogen and oxygen atoms in total. The smallest absolute Gasteiger partial charge is 0.242 e. The van der Waals surface area contributed by atoms with Crippen molar-refractivity contribution >= 4 is 47.2 Å². The Balaban J connectivity index is 2.12. The van der Waals surface area contributed by atoms with E-state index >= 15 is 0 Å². The molecular weight excluding hydrogens is 496 g/mol. The minimum atomic E-state index is -0.595. The Hall–Kier alpha value is -2.20. The average molecular weight is 537 g/mol. The molecule has 1 heterocycles. The van der Waals surface area contributed by atoms with Crippen LogP contribution in [0.15, 0.2) is 30.3 Å². The lowest BCUT2D eigenvalue weighted by molar-refractivity contribution is -0.138. The molecule has 1 atom stereocenters. The second-order valence-electron chi connectivity index (χ2n) is 8.77. The molecule has 1 aromatic rings. The quantitative estimate of drug-likeness (QED) is 0.515. The minimum absolute atomic E-state index is 0.0254. The molecular formula is C26H40N4O4S2. The summed E-state index contributed by atoms with van der Waals surface area (Å²) >= 11 is 2.92. The van der Waals surface area contributed by atoms with E-state index in [1.165, 1.54) is 11.8 Å². The van der Waals surface area contributed by atoms with E-state index in [1.54, 1.807) is 16.7 Å². The topological polar surface area (TPSA) is 108 Å². The van der Waals surface area contributed by atoms with Crippen LogP contribution < -0.4 is 16.0 Å². The fourth-order valence-electron chi connectivity index (χ4n) is 3.92. The molecule has 0 aromatic heterocycles. The van der Waals surface area contributed by atoms with Crippen LogP contribution in [0.25, 0.3) is 0 Å². The van der Waals surface area contributed by atoms with Gasteiger partial charge in [-0.3, -0.25) is 19.2 Å². The first-order chi connectivity index (χ1) is 17.5. The summed E-state index contributed by atoms with van der Waals surface area (Å²) in [5.74, 6) is 0.638. The number of hydrogen-bond donors (Lipinski definition) is 3. The highest BCUT2D eigenvalue weighted by molar-refractivity contribution is 8.00. The van der Waals surface area contributed by atoms with Gasteiger partial charge in [-0.15, -0.1) is 11.8 Å². The molecule has 1 aliphatic heterocycles. The molecule has 1 aromatic carbocycles. The number of benzene rings is 1. The first-order valence-corrected chi connectivity index (χ1v) is 15.3. The van der Waals surface area contributed by atoms with Crippen molar-refractivity contribution in [2.45, 2.75) is 51.0 Å². The Morgan fingerprint density at radius 2 is 1.58 bits per heavy atom. The maximum atomic E-state index is 13.3. The van der Waals surface area contributed by atoms with Gasteiger partial charge in [-0.05, 0) is 56.1 Å². The average Bonchev–Trinajstić information content (AvgIpc) is 2.87. The molecule has 1 fully saturated rings. The van der Waals surface area contributed by atoms with Gasteiger partial charge >= 0.3 is 0 Å². The predicted molar refractivity (Wildman–Crippen MR) is 148 cm³/mol. The summed E-state index contributed by atoms with van der Waals surface area (Å²) in [5, 5.41) is 8.75. The third-order valence-electron chi connectivity index (χ3n) is 5.92. The van der Waals surface area contributed by atoms with Gasteiger partial charge in [-0.1, -0.05) is 30.3 Å². The molecule has 0 radical (unpaired) electrons. The maximum Gasteiger partial charge on any atom is 0.242 e. The first-order valence-electron chi connectivity index (χ1n) is 12.7. The minimum Gasteiger partial charge on any atom is -0.356 e. The Kier molecular flexibility index (Phi) is 15.1. The van der Waals surface area contributed by atoms with E-state index in [0.29, 0.717) is 51.9 Å². The lowest BCUT2D eigenvalue weighted by atomic mass is 10.1. The molecule has 3 N–H and O–H groups in total. The van der Waals surface area contributed by atoms with Crippen molar-refractivity contribution in [3.05, 3.63) is 35.9 Å². The highest BCUT2D eigenvalue weighted by atomic mass is 32.2. The zero-order valence-electron chi connectivity index (χ0n) is 21.3. The normalized spacial score (nSPS) is 20.2. The summed E-state index contributed by atoms with van der Waals surface area (Å²) in [6, 6.07) is 9.30. The number of thioether (sulfide) groups is 2. The molecule has 1 aliphatic rings. The summed E-state index contributed by atoms with van der Waals surface area (Å²) in [6.45, 7) is 2.01. The first kappa shape index (κ1) is 30.0. The zero-order valence-corrected chi connectivity index (χ0v) is 22.9. The van der Waals surface area contributed by atoms with E-state index in [9.17, 15) is 19.2 Å². The number of nitrogens with one attached hydrogen (secondary N) is 3. The number of carbonyl (C=O) groups is 4. The van der Waals surface area contributed by atoms with Crippen molar-refractivity contribution in [3.63, 3.8) is 0 Å². The van der Waals surface area contributed by atoms with E-state index in [1.807, 2.05) is 36.6 Å². The molecule has 0 saturated carbocycles. The van der Waals surface area contributed by atoms with Gasteiger partial charge in [0.05, 0.1) is 11.5 Å². The molecule has 1 unspecified atom stereocenters. The molecule has 0 bridgehead atoms. The predicted octanol–water partition coefficient (Wildman–Crippen LogP) is 2.23. The lowest BCUT2D eigenvalue weighted by Crippen LogP contribution is -2.51. The molecule has 4 amide bonds. The van der Waals surface area contributed by atoms with Crippen LogP contribution in [0, 0.1) is 0 Å². The second-order valence-corrected chi connectivity index (χ2v) is 10.7. The Morgan fingerprint density at radius 3 is 2.31 bits per heavy atom. The van der Waals surface area contributed by atoms with E-state index < -0.39 is 6.04 Å². The fourth-order valence-corrected chi connectivity index (χ4v) is 5.11. The molecule has 10 heteroatoms. The van der Waals surface area contributed by atoms with Gasteiger partial charge in [0.1, 0.15) is 6.04 Å². The second kappa shape index (κ2) is 18.1. The molecule has 36 heavy (non-hydrogen) atoms. The number of rotatable bonds is 6. The van der Waals surface area contributed by atoms with Gasteiger partial charge in [-0.2, -0.15) is 11.8 Å². The molecule has 200 valence electrons. The van der Waals surface area contributed by atoms with E-state index in [2.05, 4.69) is 16.0 Å². The van der Waals surface area contributed by atoms with Crippen LogP contribution in [0.2, 0.25) is 0 Å². The monoisotopic (exact) mass is 536 g/mol. The number of hydrogen-bond acceptors (Lipinski definition) is 6. The van der Waals surface area contributed by atoms with Crippen molar-refractivity contribution in [3.8, 4) is 0 Å². The number of carbonyl (C=O) groups excluding carboxylic acids is 4. The summed E-state index contributed by atoms with van der Waals surface area (Å²) in [4.78, 5) is 52.4. The Labute approximate surface area is 223 Å². The largest absolute Gasteiger partial charge is 0.356 e. The van der Waals surface area contributed by atoms with Crippen molar-refractivity contribution in [2.75, 3.05) is 49.7 Å². The van der Waals surface area contributed by atoms with Gasteiger partial charge in [0.15, 0.2) is 0 Å². The van der Waals surface area contributed by atoms with Gasteiger partial charge in [0.2, 0.25) is 23.6 Å². The SMILES string of the molecule is CSCCC1C(=O)NCCCC(=O)NCCCCCNC(=O)CSCC(=O)N1CCc1ccccc1. The zero-order chi connectivity index (χ0) is 26.0. The van der Waals surface area contributed by atoms with Crippen LogP contribution in [-0.4, -0.2) is 84.3 Å². The van der Waals surface area contributed by atoms with Crippen molar-refractivity contribution in [1.29, 1.82) is 0 Å². The van der Waals surface area contributed by atoms with Gasteiger partial charge in [0.25, 0.3) is 0 Å². The third-order valence-corrected chi connectivity index (χ3v) is 7.48. The van der Waals surface area contributed by atoms with Crippen LogP contribution in [0.1, 0.15) is 44.1 Å². The van der Waals surface area contributed by atoms with Crippen LogP contribution in [0.4, 0.5) is 0 Å². The van der Waals surface area contributed by atoms with Crippen molar-refractivity contribution < 1.29 is 19.2 Å². The standard InChI is InChI=1S/C26H40N4O4S2/c1-35-18-13-22-26(34)29-16-8-11-23(31)27-14-6-3-7-15-28-24(32)19-36-20-25(33)30(22)17-12-21-9-4-2-5-10-21/h2,4-5,9-10,22H,3,6-8,11-20H2,1H3,(H,27,31)(H,28,32)(H,29,34). The van der Waals surface area contributed by atoms with Crippen LogP contribution >= 0.6 is 23.5 Å². The Morgan fingerprint density at radius 1 is 0.889 bits per heavy atom. The molecule has 2 rings (SSSR count). The van der Waals surface area contributed by atoms with Crippen LogP contribution in [-0.2, 0) is 25.6 Å². The number of amides is 4. The highest BCUT2D eigenvalue weighted by Crippen LogP contribution is 2.14. The summed E-state index contributed by atoms with van der Waals surface area (Å²) in [6.07, 6.45) is 6.67. The van der Waals surface area contributed by atoms with Crippen molar-refractivity contribution in [2.24, 2.45) is 0 Å². The molecule has 0 aliphatic carbocycles. The summed E-state index contributed by atoms with van der Waals surface area (Å²) in [5.41, 5.74) is 1.10. The third kappa shape index (κ3) is 12.2. The summed E-state index contributed by atoms with van der Waals surface area (Å²) in [7, 11) is 0. The lowest BCUT2D eigenvalue weighted by Gasteiger charge is -2.31. The van der Waals surface area contributed by atoms with E-state index in [0.717, 1.165) is 30.6 Å². The molecule has 1 saturated heterocycles. The van der Waals surface area contributed by atoms with Crippen molar-refractivity contribution in [1.82, 2.24) is 20.9 Å². The number of nitrogens with zero attached hydrogens (tertiary/aromatic N) is 1. The van der Waals surface area contributed by atoms with E-state index in [-0.39, 0.29) is 35.1 Å². The Bertz CT molecular complexity index is 825. The fraction of sp³-hybridized carbons (Fsp3) is 0.615. The van der Waals surface area contributed by atoms with Gasteiger partial charge < -0.3 is 20.9 Å². The maximum absolute atomic E-state index is 13.3. The highest BCUT2D eigenvalue weighted by Gasteiger charge is 2.29. The summed E-state index contributed by atoms with van der Waals surface area (Å²) < 4.78 is 0. The van der Waals surface area contributed by atoms with Crippen LogP contribution in [0.3, 0.4) is 0 Å². The van der Waals surface area contributed by atoms with Gasteiger partial charge in [0, 0.05) is 32.6 Å². The van der Waals surface area contributed by atoms with Crippen LogP contribution in [0.5, 0.6) is 0 Å². The molecule has 0 spiro atoms.